The highest BCUT2D eigenvalue weighted by atomic mass is 19.1. The van der Waals surface area contributed by atoms with E-state index in [2.05, 4.69) is 5.32 Å². The minimum Gasteiger partial charge on any atom is -0.481 e. The number of halogens is 1. The van der Waals surface area contributed by atoms with Crippen molar-refractivity contribution in [1.82, 2.24) is 5.32 Å². The van der Waals surface area contributed by atoms with Gasteiger partial charge in [-0.1, -0.05) is 13.8 Å². The quantitative estimate of drug-likeness (QED) is 0.616. The Morgan fingerprint density at radius 1 is 1.38 bits per heavy atom. The fourth-order valence-corrected chi connectivity index (χ4v) is 1.70. The molecule has 0 saturated heterocycles. The number of carboxylic acid groups (broad SMARTS) is 1. The van der Waals surface area contributed by atoms with Gasteiger partial charge >= 0.3 is 5.97 Å². The van der Waals surface area contributed by atoms with E-state index in [1.807, 2.05) is 0 Å². The Morgan fingerprint density at radius 2 is 2.00 bits per heavy atom. The van der Waals surface area contributed by atoms with E-state index in [1.165, 1.54) is 0 Å². The lowest BCUT2D eigenvalue weighted by molar-refractivity contribution is -0.385. The summed E-state index contributed by atoms with van der Waals surface area (Å²) in [6.07, 6.45) is -0.291. The van der Waals surface area contributed by atoms with E-state index >= 15 is 0 Å². The lowest BCUT2D eigenvalue weighted by Gasteiger charge is -2.20. The number of non-ortho nitro benzene ring substituents is 1. The molecule has 0 heterocycles. The molecule has 1 rings (SSSR count). The third-order valence-corrected chi connectivity index (χ3v) is 2.87. The van der Waals surface area contributed by atoms with E-state index in [-0.39, 0.29) is 17.9 Å². The van der Waals surface area contributed by atoms with Crippen molar-refractivity contribution in [2.45, 2.75) is 26.3 Å². The predicted molar refractivity (Wildman–Crippen MR) is 71.4 cm³/mol. The summed E-state index contributed by atoms with van der Waals surface area (Å²) in [5, 5.41) is 21.9. The molecule has 8 heteroatoms. The lowest BCUT2D eigenvalue weighted by atomic mass is 10.0. The van der Waals surface area contributed by atoms with Crippen LogP contribution in [0.1, 0.15) is 30.6 Å². The second kappa shape index (κ2) is 6.78. The fourth-order valence-electron chi connectivity index (χ4n) is 1.70. The van der Waals surface area contributed by atoms with Crippen LogP contribution in [0.15, 0.2) is 18.2 Å². The molecular formula is C13H15FN2O5. The van der Waals surface area contributed by atoms with Crippen molar-refractivity contribution in [2.75, 3.05) is 0 Å². The first-order valence-electron chi connectivity index (χ1n) is 6.18. The highest BCUT2D eigenvalue weighted by Gasteiger charge is 2.21. The van der Waals surface area contributed by atoms with E-state index in [0.29, 0.717) is 6.07 Å². The van der Waals surface area contributed by atoms with Gasteiger partial charge in [-0.15, -0.1) is 0 Å². The van der Waals surface area contributed by atoms with Gasteiger partial charge in [0.25, 0.3) is 11.6 Å². The van der Waals surface area contributed by atoms with E-state index in [4.69, 9.17) is 5.11 Å². The van der Waals surface area contributed by atoms with E-state index in [1.54, 1.807) is 13.8 Å². The second-order valence-electron chi connectivity index (χ2n) is 4.88. The van der Waals surface area contributed by atoms with Crippen LogP contribution in [-0.4, -0.2) is 27.9 Å². The standard InChI is InChI=1S/C13H15FN2O5/c1-7(2)11(6-12(17)18)15-13(19)8-3-9(14)5-10(4-8)16(20)21/h3-5,7,11H,6H2,1-2H3,(H,15,19)(H,17,18). The number of hydrogen-bond acceptors (Lipinski definition) is 4. The molecule has 1 atom stereocenters. The number of amides is 1. The SMILES string of the molecule is CC(C)C(CC(=O)O)NC(=O)c1cc(F)cc([N+](=O)[O-])c1. The number of nitro groups is 1. The van der Waals surface area contributed by atoms with Crippen molar-refractivity contribution in [3.05, 3.63) is 39.7 Å². The fraction of sp³-hybridized carbons (Fsp3) is 0.385. The molecule has 0 saturated carbocycles. The van der Waals surface area contributed by atoms with Gasteiger partial charge in [-0.3, -0.25) is 19.7 Å². The van der Waals surface area contributed by atoms with Gasteiger partial charge in [-0.2, -0.15) is 0 Å². The Balaban J connectivity index is 2.97. The highest BCUT2D eigenvalue weighted by Crippen LogP contribution is 2.17. The van der Waals surface area contributed by atoms with Crippen LogP contribution < -0.4 is 5.32 Å². The molecule has 1 amide bonds. The number of nitrogens with one attached hydrogen (secondary N) is 1. The molecule has 0 spiro atoms. The Hall–Kier alpha value is -2.51. The van der Waals surface area contributed by atoms with Gasteiger partial charge in [-0.05, 0) is 12.0 Å². The molecule has 0 aliphatic rings. The minimum absolute atomic E-state index is 0.159. The van der Waals surface area contributed by atoms with Gasteiger partial charge in [0.05, 0.1) is 17.4 Å². The molecule has 0 bridgehead atoms. The van der Waals surface area contributed by atoms with E-state index < -0.39 is 34.3 Å². The average molecular weight is 298 g/mol. The molecule has 0 aliphatic carbocycles. The smallest absolute Gasteiger partial charge is 0.305 e. The Morgan fingerprint density at radius 3 is 2.48 bits per heavy atom. The van der Waals surface area contributed by atoms with E-state index in [9.17, 15) is 24.1 Å². The Bertz CT molecular complexity index is 574. The third kappa shape index (κ3) is 4.83. The first kappa shape index (κ1) is 16.5. The topological polar surface area (TPSA) is 110 Å². The van der Waals surface area contributed by atoms with Crippen LogP contribution in [-0.2, 0) is 4.79 Å². The molecule has 0 fully saturated rings. The summed E-state index contributed by atoms with van der Waals surface area (Å²) in [7, 11) is 0. The third-order valence-electron chi connectivity index (χ3n) is 2.87. The molecule has 2 N–H and O–H groups in total. The summed E-state index contributed by atoms with van der Waals surface area (Å²) in [6, 6.07) is 1.85. The summed E-state index contributed by atoms with van der Waals surface area (Å²) >= 11 is 0. The van der Waals surface area contributed by atoms with Crippen LogP contribution in [0.25, 0.3) is 0 Å². The summed E-state index contributed by atoms with van der Waals surface area (Å²) in [6.45, 7) is 3.45. The van der Waals surface area contributed by atoms with Gasteiger partial charge in [-0.25, -0.2) is 4.39 Å². The number of rotatable bonds is 6. The molecule has 21 heavy (non-hydrogen) atoms. The molecule has 0 radical (unpaired) electrons. The Labute approximate surface area is 119 Å². The second-order valence-corrected chi connectivity index (χ2v) is 4.88. The van der Waals surface area contributed by atoms with Gasteiger partial charge in [0.2, 0.25) is 0 Å². The summed E-state index contributed by atoms with van der Waals surface area (Å²) in [5.74, 6) is -2.90. The molecule has 0 aliphatic heterocycles. The zero-order chi connectivity index (χ0) is 16.2. The molecule has 1 unspecified atom stereocenters. The summed E-state index contributed by atoms with van der Waals surface area (Å²) in [5.41, 5.74) is -0.766. The van der Waals surface area contributed by atoms with Crippen LogP contribution in [0, 0.1) is 21.8 Å². The monoisotopic (exact) mass is 298 g/mol. The maximum absolute atomic E-state index is 13.3. The van der Waals surface area contributed by atoms with E-state index in [0.717, 1.165) is 12.1 Å². The van der Waals surface area contributed by atoms with Crippen molar-refractivity contribution in [3.63, 3.8) is 0 Å². The molecule has 7 nitrogen and oxygen atoms in total. The zero-order valence-corrected chi connectivity index (χ0v) is 11.5. The number of aliphatic carboxylic acids is 1. The number of hydrogen-bond donors (Lipinski definition) is 2. The molecule has 1 aromatic rings. The normalized spacial score (nSPS) is 12.0. The number of benzene rings is 1. The average Bonchev–Trinajstić information content (AvgIpc) is 2.36. The van der Waals surface area contributed by atoms with Crippen LogP contribution in [0.3, 0.4) is 0 Å². The number of carbonyl (C=O) groups excluding carboxylic acids is 1. The van der Waals surface area contributed by atoms with Crippen molar-refractivity contribution in [1.29, 1.82) is 0 Å². The number of carboxylic acids is 1. The first-order chi connectivity index (χ1) is 9.70. The van der Waals surface area contributed by atoms with Crippen LogP contribution in [0.5, 0.6) is 0 Å². The summed E-state index contributed by atoms with van der Waals surface area (Å²) in [4.78, 5) is 32.5. The molecule has 0 aromatic heterocycles. The molecule has 114 valence electrons. The van der Waals surface area contributed by atoms with Crippen LogP contribution in [0.4, 0.5) is 10.1 Å². The minimum atomic E-state index is -1.08. The van der Waals surface area contributed by atoms with Gasteiger partial charge < -0.3 is 10.4 Å². The lowest BCUT2D eigenvalue weighted by Crippen LogP contribution is -2.40. The van der Waals surface area contributed by atoms with Gasteiger partial charge in [0, 0.05) is 17.7 Å². The zero-order valence-electron chi connectivity index (χ0n) is 11.5. The molecular weight excluding hydrogens is 283 g/mol. The number of carbonyl (C=O) groups is 2. The predicted octanol–water partition coefficient (Wildman–Crippen LogP) is 1.96. The number of nitro benzene ring substituents is 1. The Kier molecular flexibility index (Phi) is 5.34. The summed E-state index contributed by atoms with van der Waals surface area (Å²) < 4.78 is 13.3. The van der Waals surface area contributed by atoms with Crippen molar-refractivity contribution < 1.29 is 24.0 Å². The largest absolute Gasteiger partial charge is 0.481 e. The van der Waals surface area contributed by atoms with Crippen molar-refractivity contribution in [2.24, 2.45) is 5.92 Å². The maximum atomic E-state index is 13.3. The van der Waals surface area contributed by atoms with Crippen molar-refractivity contribution in [3.8, 4) is 0 Å². The molecule has 1 aromatic carbocycles. The van der Waals surface area contributed by atoms with Crippen LogP contribution >= 0.6 is 0 Å². The van der Waals surface area contributed by atoms with Gasteiger partial charge in [0.1, 0.15) is 5.82 Å². The highest BCUT2D eigenvalue weighted by molar-refractivity contribution is 5.95. The van der Waals surface area contributed by atoms with Gasteiger partial charge in [0.15, 0.2) is 0 Å². The first-order valence-corrected chi connectivity index (χ1v) is 6.18. The van der Waals surface area contributed by atoms with Crippen molar-refractivity contribution >= 4 is 17.6 Å². The maximum Gasteiger partial charge on any atom is 0.305 e. The van der Waals surface area contributed by atoms with Crippen LogP contribution in [0.2, 0.25) is 0 Å². The number of nitrogens with zero attached hydrogens (tertiary/aromatic N) is 1.